The molecule has 1 aromatic heterocycles. The molecule has 0 unspecified atom stereocenters. The summed E-state index contributed by atoms with van der Waals surface area (Å²) in [5.74, 6) is -0.461. The van der Waals surface area contributed by atoms with Gasteiger partial charge in [-0.05, 0) is 47.7 Å². The molecule has 0 aliphatic heterocycles. The third-order valence-corrected chi connectivity index (χ3v) is 3.79. The van der Waals surface area contributed by atoms with Gasteiger partial charge in [-0.15, -0.1) is 0 Å². The first kappa shape index (κ1) is 15.3. The summed E-state index contributed by atoms with van der Waals surface area (Å²) in [6.45, 7) is 0.447. The van der Waals surface area contributed by atoms with Crippen LogP contribution in [-0.4, -0.2) is 34.6 Å². The molecule has 1 aliphatic rings. The van der Waals surface area contributed by atoms with Crippen LogP contribution in [0, 0.1) is 5.92 Å². The van der Waals surface area contributed by atoms with Gasteiger partial charge in [0, 0.05) is 22.9 Å². The normalized spacial score (nSPS) is 16.9. The lowest BCUT2D eigenvalue weighted by Crippen LogP contribution is -2.45. The Morgan fingerprint density at radius 3 is 2.65 bits per heavy atom. The fourth-order valence-electron chi connectivity index (χ4n) is 2.12. The lowest BCUT2D eigenvalue weighted by atomic mass is 10.1. The van der Waals surface area contributed by atoms with Crippen molar-refractivity contribution in [1.82, 2.24) is 9.88 Å². The Labute approximate surface area is 123 Å². The predicted octanol–water partition coefficient (Wildman–Crippen LogP) is 3.65. The maximum absolute atomic E-state index is 12.7. The van der Waals surface area contributed by atoms with E-state index in [9.17, 15) is 18.0 Å². The van der Waals surface area contributed by atoms with E-state index in [1.54, 1.807) is 6.92 Å². The lowest BCUT2D eigenvalue weighted by Gasteiger charge is -2.30. The molecule has 0 spiro atoms. The Morgan fingerprint density at radius 2 is 2.15 bits per heavy atom. The van der Waals surface area contributed by atoms with E-state index in [0.717, 1.165) is 17.7 Å². The minimum Gasteiger partial charge on any atom is -0.327 e. The van der Waals surface area contributed by atoms with Gasteiger partial charge in [0.15, 0.2) is 0 Å². The molecule has 7 heteroatoms. The highest BCUT2D eigenvalue weighted by atomic mass is 79.9. The Bertz CT molecular complexity index is 503. The van der Waals surface area contributed by atoms with Crippen LogP contribution >= 0.6 is 15.9 Å². The average Bonchev–Trinajstić information content (AvgIpc) is 3.17. The molecular weight excluding hydrogens is 337 g/mol. The smallest absolute Gasteiger partial charge is 0.327 e. The van der Waals surface area contributed by atoms with Gasteiger partial charge in [0.1, 0.15) is 6.54 Å². The minimum absolute atomic E-state index is 0.163. The second-order valence-corrected chi connectivity index (χ2v) is 5.93. The van der Waals surface area contributed by atoms with Crippen molar-refractivity contribution in [2.24, 2.45) is 5.92 Å². The van der Waals surface area contributed by atoms with Crippen LogP contribution in [0.3, 0.4) is 0 Å². The number of aromatic nitrogens is 1. The first-order valence-corrected chi connectivity index (χ1v) is 7.05. The average molecular weight is 351 g/mol. The summed E-state index contributed by atoms with van der Waals surface area (Å²) in [6.07, 6.45) is 0.114. The molecule has 20 heavy (non-hydrogen) atoms. The van der Waals surface area contributed by atoms with Gasteiger partial charge >= 0.3 is 6.18 Å². The third-order valence-electron chi connectivity index (χ3n) is 3.36. The summed E-state index contributed by atoms with van der Waals surface area (Å²) in [6, 6.07) is 1.07. The third kappa shape index (κ3) is 3.94. The van der Waals surface area contributed by atoms with Gasteiger partial charge < -0.3 is 4.90 Å². The molecule has 1 atom stereocenters. The number of amides is 1. The van der Waals surface area contributed by atoms with Crippen LogP contribution in [0.1, 0.15) is 30.1 Å². The Kier molecular flexibility index (Phi) is 4.36. The molecule has 1 amide bonds. The zero-order chi connectivity index (χ0) is 14.9. The second-order valence-electron chi connectivity index (χ2n) is 5.02. The van der Waals surface area contributed by atoms with Crippen LogP contribution in [0.25, 0.3) is 0 Å². The summed E-state index contributed by atoms with van der Waals surface area (Å²) in [4.78, 5) is 17.0. The van der Waals surface area contributed by atoms with E-state index in [1.165, 1.54) is 18.5 Å². The highest BCUT2D eigenvalue weighted by molar-refractivity contribution is 9.10. The van der Waals surface area contributed by atoms with Crippen molar-refractivity contribution in [1.29, 1.82) is 0 Å². The number of carbonyl (C=O) groups is 1. The van der Waals surface area contributed by atoms with Gasteiger partial charge in [0.25, 0.3) is 5.91 Å². The quantitative estimate of drug-likeness (QED) is 0.830. The van der Waals surface area contributed by atoms with Crippen molar-refractivity contribution < 1.29 is 18.0 Å². The predicted molar refractivity (Wildman–Crippen MR) is 71.2 cm³/mol. The molecule has 1 saturated carbocycles. The molecule has 0 radical (unpaired) electrons. The molecule has 1 aliphatic carbocycles. The summed E-state index contributed by atoms with van der Waals surface area (Å²) in [7, 11) is 0. The Morgan fingerprint density at radius 1 is 1.50 bits per heavy atom. The van der Waals surface area contributed by atoms with E-state index in [1.807, 2.05) is 0 Å². The highest BCUT2D eigenvalue weighted by Crippen LogP contribution is 2.36. The van der Waals surface area contributed by atoms with Crippen LogP contribution in [0.2, 0.25) is 0 Å². The van der Waals surface area contributed by atoms with Crippen molar-refractivity contribution in [2.45, 2.75) is 32.0 Å². The molecule has 0 aromatic carbocycles. The molecule has 1 aromatic rings. The molecular formula is C13H14BrF3N2O. The van der Waals surface area contributed by atoms with E-state index in [-0.39, 0.29) is 11.5 Å². The SMILES string of the molecule is C[C@@H](C1CC1)N(CC(F)(F)F)C(=O)c1cncc(Br)c1. The number of nitrogens with zero attached hydrogens (tertiary/aromatic N) is 2. The molecule has 110 valence electrons. The van der Waals surface area contributed by atoms with Crippen LogP contribution < -0.4 is 0 Å². The molecule has 0 saturated heterocycles. The number of carbonyl (C=O) groups excluding carboxylic acids is 1. The Balaban J connectivity index is 2.23. The summed E-state index contributed by atoms with van der Waals surface area (Å²) < 4.78 is 38.6. The van der Waals surface area contributed by atoms with Gasteiger partial charge in [0.05, 0.1) is 5.56 Å². The van der Waals surface area contributed by atoms with Gasteiger partial charge in [-0.25, -0.2) is 0 Å². The van der Waals surface area contributed by atoms with E-state index in [4.69, 9.17) is 0 Å². The standard InChI is InChI=1S/C13H14BrF3N2O/c1-8(9-2-3-9)19(7-13(15,16)17)12(20)10-4-11(14)6-18-5-10/h4-6,8-9H,2-3,7H2,1H3/t8-/m0/s1. The number of halogens is 4. The van der Waals surface area contributed by atoms with Crippen LogP contribution in [0.5, 0.6) is 0 Å². The number of hydrogen-bond acceptors (Lipinski definition) is 2. The largest absolute Gasteiger partial charge is 0.406 e. The van der Waals surface area contributed by atoms with E-state index in [0.29, 0.717) is 4.47 Å². The topological polar surface area (TPSA) is 33.2 Å². The molecule has 1 fully saturated rings. The van der Waals surface area contributed by atoms with E-state index in [2.05, 4.69) is 20.9 Å². The van der Waals surface area contributed by atoms with Crippen molar-refractivity contribution in [3.8, 4) is 0 Å². The van der Waals surface area contributed by atoms with Gasteiger partial charge in [-0.3, -0.25) is 9.78 Å². The van der Waals surface area contributed by atoms with Crippen LogP contribution in [0.4, 0.5) is 13.2 Å². The Hall–Kier alpha value is -1.11. The van der Waals surface area contributed by atoms with E-state index >= 15 is 0 Å². The van der Waals surface area contributed by atoms with Gasteiger partial charge in [-0.1, -0.05) is 0 Å². The molecule has 0 bridgehead atoms. The molecule has 2 rings (SSSR count). The highest BCUT2D eigenvalue weighted by Gasteiger charge is 2.40. The number of pyridine rings is 1. The van der Waals surface area contributed by atoms with Crippen LogP contribution in [-0.2, 0) is 0 Å². The summed E-state index contributed by atoms with van der Waals surface area (Å²) in [5, 5.41) is 0. The molecule has 0 N–H and O–H groups in total. The second kappa shape index (κ2) is 5.71. The maximum Gasteiger partial charge on any atom is 0.406 e. The zero-order valence-corrected chi connectivity index (χ0v) is 12.4. The fraction of sp³-hybridized carbons (Fsp3) is 0.538. The van der Waals surface area contributed by atoms with Crippen molar-refractivity contribution in [3.05, 3.63) is 28.5 Å². The van der Waals surface area contributed by atoms with Gasteiger partial charge in [0.2, 0.25) is 0 Å². The minimum atomic E-state index is -4.40. The fourth-order valence-corrected chi connectivity index (χ4v) is 2.49. The van der Waals surface area contributed by atoms with Crippen molar-refractivity contribution in [2.75, 3.05) is 6.54 Å². The van der Waals surface area contributed by atoms with E-state index < -0.39 is 24.7 Å². The number of alkyl halides is 3. The molecule has 1 heterocycles. The monoisotopic (exact) mass is 350 g/mol. The number of hydrogen-bond donors (Lipinski definition) is 0. The zero-order valence-electron chi connectivity index (χ0n) is 10.8. The number of rotatable bonds is 4. The first-order valence-electron chi connectivity index (χ1n) is 6.26. The van der Waals surface area contributed by atoms with Crippen LogP contribution in [0.15, 0.2) is 22.9 Å². The first-order chi connectivity index (χ1) is 9.28. The lowest BCUT2D eigenvalue weighted by molar-refractivity contribution is -0.144. The molecule has 3 nitrogen and oxygen atoms in total. The van der Waals surface area contributed by atoms with Gasteiger partial charge in [-0.2, -0.15) is 13.2 Å². The summed E-state index contributed by atoms with van der Waals surface area (Å²) in [5.41, 5.74) is 0.163. The maximum atomic E-state index is 12.7. The van der Waals surface area contributed by atoms with Crippen molar-refractivity contribution in [3.63, 3.8) is 0 Å². The van der Waals surface area contributed by atoms with Crippen molar-refractivity contribution >= 4 is 21.8 Å². The summed E-state index contributed by atoms with van der Waals surface area (Å²) >= 11 is 3.16.